The van der Waals surface area contributed by atoms with Gasteiger partial charge in [0.15, 0.2) is 5.78 Å². The smallest absolute Gasteiger partial charge is 0.230 e. The summed E-state index contributed by atoms with van der Waals surface area (Å²) in [6.07, 6.45) is 7.87. The molecule has 0 spiro atoms. The van der Waals surface area contributed by atoms with Crippen molar-refractivity contribution in [1.29, 1.82) is 0 Å². The zero-order valence-corrected chi connectivity index (χ0v) is 9.21. The first-order chi connectivity index (χ1) is 7.25. The summed E-state index contributed by atoms with van der Waals surface area (Å²) in [5.74, 6) is 0.778. The largest absolute Gasteiger partial charge is 0.335 e. The first-order valence-electron chi connectivity index (χ1n) is 6.05. The van der Waals surface area contributed by atoms with Crippen LogP contribution in [-0.2, 0) is 9.59 Å². The summed E-state index contributed by atoms with van der Waals surface area (Å²) in [5, 5.41) is 0. The maximum Gasteiger partial charge on any atom is 0.230 e. The van der Waals surface area contributed by atoms with Gasteiger partial charge in [0.1, 0.15) is 0 Å². The van der Waals surface area contributed by atoms with Crippen LogP contribution in [0.2, 0.25) is 0 Å². The standard InChI is InChI=1S/C12H19NO2/c14-11-7-12(15)13(9-11)8-10-5-3-1-2-4-6-10/h10H,1-9H2. The number of ketones is 1. The van der Waals surface area contributed by atoms with Gasteiger partial charge in [0, 0.05) is 6.54 Å². The van der Waals surface area contributed by atoms with Crippen LogP contribution in [0.4, 0.5) is 0 Å². The monoisotopic (exact) mass is 209 g/mol. The molecule has 0 bridgehead atoms. The molecule has 3 heteroatoms. The van der Waals surface area contributed by atoms with Crippen LogP contribution in [0, 0.1) is 5.92 Å². The van der Waals surface area contributed by atoms with Crippen molar-refractivity contribution in [3.63, 3.8) is 0 Å². The Bertz CT molecular complexity index is 254. The summed E-state index contributed by atoms with van der Waals surface area (Å²) in [6, 6.07) is 0. The lowest BCUT2D eigenvalue weighted by molar-refractivity contribution is -0.128. The second-order valence-electron chi connectivity index (χ2n) is 4.85. The van der Waals surface area contributed by atoms with Crippen molar-refractivity contribution < 1.29 is 9.59 Å². The summed E-state index contributed by atoms with van der Waals surface area (Å²) in [5.41, 5.74) is 0. The van der Waals surface area contributed by atoms with Gasteiger partial charge in [0.05, 0.1) is 13.0 Å². The number of carbonyl (C=O) groups excluding carboxylic acids is 2. The van der Waals surface area contributed by atoms with E-state index in [1.54, 1.807) is 4.90 Å². The van der Waals surface area contributed by atoms with Crippen molar-refractivity contribution >= 4 is 11.7 Å². The van der Waals surface area contributed by atoms with Gasteiger partial charge in [-0.2, -0.15) is 0 Å². The Morgan fingerprint density at radius 1 is 1.07 bits per heavy atom. The SMILES string of the molecule is O=C1CC(=O)N(CC2CCCCCC2)C1. The zero-order valence-electron chi connectivity index (χ0n) is 9.21. The van der Waals surface area contributed by atoms with Crippen molar-refractivity contribution in [2.24, 2.45) is 5.92 Å². The lowest BCUT2D eigenvalue weighted by Crippen LogP contribution is -2.31. The Hall–Kier alpha value is -0.860. The average Bonchev–Trinajstić information content (AvgIpc) is 2.44. The number of Topliss-reactive ketones (excluding diaryl/α,β-unsaturated/α-hetero) is 1. The molecule has 0 aromatic carbocycles. The third kappa shape index (κ3) is 2.80. The molecule has 1 saturated carbocycles. The number of hydrogen-bond acceptors (Lipinski definition) is 2. The van der Waals surface area contributed by atoms with E-state index in [0.29, 0.717) is 12.5 Å². The molecule has 3 nitrogen and oxygen atoms in total. The predicted octanol–water partition coefficient (Wildman–Crippen LogP) is 1.76. The molecule has 0 unspecified atom stereocenters. The van der Waals surface area contributed by atoms with Crippen molar-refractivity contribution in [3.05, 3.63) is 0 Å². The molecule has 2 fully saturated rings. The minimum absolute atomic E-state index is 0.0456. The average molecular weight is 209 g/mol. The Morgan fingerprint density at radius 2 is 1.73 bits per heavy atom. The van der Waals surface area contributed by atoms with Crippen molar-refractivity contribution in [2.75, 3.05) is 13.1 Å². The zero-order chi connectivity index (χ0) is 10.7. The normalized spacial score (nSPS) is 24.7. The topological polar surface area (TPSA) is 37.4 Å². The van der Waals surface area contributed by atoms with E-state index < -0.39 is 0 Å². The summed E-state index contributed by atoms with van der Waals surface area (Å²) in [7, 11) is 0. The predicted molar refractivity (Wildman–Crippen MR) is 57.4 cm³/mol. The van der Waals surface area contributed by atoms with Gasteiger partial charge in [-0.1, -0.05) is 25.7 Å². The molecule has 0 aromatic rings. The van der Waals surface area contributed by atoms with E-state index in [0.717, 1.165) is 6.54 Å². The van der Waals surface area contributed by atoms with E-state index in [2.05, 4.69) is 0 Å². The van der Waals surface area contributed by atoms with Gasteiger partial charge < -0.3 is 4.90 Å². The Balaban J connectivity index is 1.84. The van der Waals surface area contributed by atoms with Gasteiger partial charge >= 0.3 is 0 Å². The van der Waals surface area contributed by atoms with Gasteiger partial charge in [-0.3, -0.25) is 9.59 Å². The van der Waals surface area contributed by atoms with Crippen molar-refractivity contribution in [3.8, 4) is 0 Å². The molecule has 1 aliphatic heterocycles. The van der Waals surface area contributed by atoms with Crippen LogP contribution in [-0.4, -0.2) is 29.7 Å². The minimum atomic E-state index is 0.0456. The molecule has 2 rings (SSSR count). The first-order valence-corrected chi connectivity index (χ1v) is 6.05. The van der Waals surface area contributed by atoms with E-state index in [9.17, 15) is 9.59 Å². The van der Waals surface area contributed by atoms with E-state index in [4.69, 9.17) is 0 Å². The van der Waals surface area contributed by atoms with Crippen LogP contribution in [0.1, 0.15) is 44.9 Å². The Kier molecular flexibility index (Phi) is 3.39. The third-order valence-corrected chi connectivity index (χ3v) is 3.52. The number of likely N-dealkylation sites (tertiary alicyclic amines) is 1. The summed E-state index contributed by atoms with van der Waals surface area (Å²) in [6.45, 7) is 1.19. The Labute approximate surface area is 90.8 Å². The second-order valence-corrected chi connectivity index (χ2v) is 4.85. The minimum Gasteiger partial charge on any atom is -0.335 e. The maximum absolute atomic E-state index is 11.4. The molecule has 1 aliphatic carbocycles. The highest BCUT2D eigenvalue weighted by molar-refractivity contribution is 6.05. The fourth-order valence-corrected chi connectivity index (χ4v) is 2.66. The molecular formula is C12H19NO2. The van der Waals surface area contributed by atoms with Crippen LogP contribution in [0.25, 0.3) is 0 Å². The molecule has 15 heavy (non-hydrogen) atoms. The van der Waals surface area contributed by atoms with E-state index in [-0.39, 0.29) is 18.1 Å². The van der Waals surface area contributed by atoms with Crippen molar-refractivity contribution in [2.45, 2.75) is 44.9 Å². The number of nitrogens with zero attached hydrogens (tertiary/aromatic N) is 1. The second kappa shape index (κ2) is 4.77. The van der Waals surface area contributed by atoms with Crippen LogP contribution in [0.5, 0.6) is 0 Å². The molecule has 1 saturated heterocycles. The maximum atomic E-state index is 11.4. The van der Waals surface area contributed by atoms with E-state index in [1.165, 1.54) is 38.5 Å². The number of rotatable bonds is 2. The fourth-order valence-electron chi connectivity index (χ4n) is 2.66. The van der Waals surface area contributed by atoms with Gasteiger partial charge in [0.2, 0.25) is 5.91 Å². The van der Waals surface area contributed by atoms with Crippen molar-refractivity contribution in [1.82, 2.24) is 4.90 Å². The van der Waals surface area contributed by atoms with E-state index >= 15 is 0 Å². The third-order valence-electron chi connectivity index (χ3n) is 3.52. The number of amides is 1. The lowest BCUT2D eigenvalue weighted by Gasteiger charge is -2.21. The number of carbonyl (C=O) groups is 2. The molecule has 1 heterocycles. The molecule has 2 aliphatic rings. The highest BCUT2D eigenvalue weighted by Gasteiger charge is 2.29. The van der Waals surface area contributed by atoms with E-state index in [1.807, 2.05) is 0 Å². The van der Waals surface area contributed by atoms with Crippen LogP contribution in [0.3, 0.4) is 0 Å². The molecule has 1 amide bonds. The highest BCUT2D eigenvalue weighted by atomic mass is 16.2. The molecular weight excluding hydrogens is 190 g/mol. The first kappa shape index (κ1) is 10.7. The summed E-state index contributed by atoms with van der Waals surface area (Å²) >= 11 is 0. The van der Waals surface area contributed by atoms with Crippen LogP contribution < -0.4 is 0 Å². The summed E-state index contributed by atoms with van der Waals surface area (Å²) in [4.78, 5) is 24.3. The van der Waals surface area contributed by atoms with Gasteiger partial charge in [-0.25, -0.2) is 0 Å². The lowest BCUT2D eigenvalue weighted by atomic mass is 10.00. The fraction of sp³-hybridized carbons (Fsp3) is 0.833. The van der Waals surface area contributed by atoms with Gasteiger partial charge in [-0.05, 0) is 18.8 Å². The van der Waals surface area contributed by atoms with Crippen LogP contribution in [0.15, 0.2) is 0 Å². The number of hydrogen-bond donors (Lipinski definition) is 0. The van der Waals surface area contributed by atoms with Gasteiger partial charge in [0.25, 0.3) is 0 Å². The van der Waals surface area contributed by atoms with Gasteiger partial charge in [-0.15, -0.1) is 0 Å². The molecule has 0 aromatic heterocycles. The molecule has 0 N–H and O–H groups in total. The summed E-state index contributed by atoms with van der Waals surface area (Å²) < 4.78 is 0. The van der Waals surface area contributed by atoms with Crippen LogP contribution >= 0.6 is 0 Å². The Morgan fingerprint density at radius 3 is 2.27 bits per heavy atom. The molecule has 0 radical (unpaired) electrons. The highest BCUT2D eigenvalue weighted by Crippen LogP contribution is 2.24. The molecule has 0 atom stereocenters. The quantitative estimate of drug-likeness (QED) is 0.513. The molecule has 84 valence electrons.